The van der Waals surface area contributed by atoms with Gasteiger partial charge in [0.25, 0.3) is 5.91 Å². The van der Waals surface area contributed by atoms with Crippen LogP contribution in [0, 0.1) is 10.1 Å². The molecular weight excluding hydrogens is 384 g/mol. The van der Waals surface area contributed by atoms with Crippen LogP contribution >= 0.6 is 15.9 Å². The predicted octanol–water partition coefficient (Wildman–Crippen LogP) is 2.98. The van der Waals surface area contributed by atoms with E-state index < -0.39 is 28.7 Å². The number of nitro groups is 1. The number of benzene rings is 1. The topological polar surface area (TPSA) is 112 Å². The molecule has 0 spiro atoms. The molecule has 0 aliphatic rings. The lowest BCUT2D eigenvalue weighted by atomic mass is 10.0. The number of ether oxygens (including phenoxy) is 1. The number of nitrogens with zero attached hydrogens (tertiary/aromatic N) is 1. The molecule has 1 N–H and O–H groups in total. The SMILES string of the molecule is COC(=O)CC(NC(=O)c1ccc([N+](=O)[O-])o1)c1ccc(Br)cc1. The van der Waals surface area contributed by atoms with E-state index in [0.29, 0.717) is 5.56 Å². The van der Waals surface area contributed by atoms with Crippen LogP contribution in [0.2, 0.25) is 0 Å². The molecule has 8 nitrogen and oxygen atoms in total. The summed E-state index contributed by atoms with van der Waals surface area (Å²) in [4.78, 5) is 33.7. The van der Waals surface area contributed by atoms with E-state index in [9.17, 15) is 19.7 Å². The minimum atomic E-state index is -0.739. The van der Waals surface area contributed by atoms with Crippen LogP contribution in [0.4, 0.5) is 5.88 Å². The van der Waals surface area contributed by atoms with E-state index in [0.717, 1.165) is 10.5 Å². The number of hydrogen-bond donors (Lipinski definition) is 1. The average Bonchev–Trinajstić information content (AvgIpc) is 3.05. The Kier molecular flexibility index (Phi) is 5.69. The minimum Gasteiger partial charge on any atom is -0.469 e. The van der Waals surface area contributed by atoms with Gasteiger partial charge in [-0.25, -0.2) is 0 Å². The molecule has 9 heteroatoms. The molecule has 126 valence electrons. The zero-order valence-corrected chi connectivity index (χ0v) is 14.1. The molecule has 1 atom stereocenters. The van der Waals surface area contributed by atoms with Crippen molar-refractivity contribution in [1.82, 2.24) is 5.32 Å². The Balaban J connectivity index is 2.20. The lowest BCUT2D eigenvalue weighted by molar-refractivity contribution is -0.402. The van der Waals surface area contributed by atoms with Crippen LogP contribution in [0.1, 0.15) is 28.6 Å². The summed E-state index contributed by atoms with van der Waals surface area (Å²) in [5.74, 6) is -1.92. The van der Waals surface area contributed by atoms with E-state index in [1.54, 1.807) is 24.3 Å². The van der Waals surface area contributed by atoms with Crippen LogP contribution in [-0.2, 0) is 9.53 Å². The van der Waals surface area contributed by atoms with Crippen molar-refractivity contribution in [1.29, 1.82) is 0 Å². The van der Waals surface area contributed by atoms with Gasteiger partial charge >= 0.3 is 11.9 Å². The zero-order chi connectivity index (χ0) is 17.7. The predicted molar refractivity (Wildman–Crippen MR) is 86.3 cm³/mol. The highest BCUT2D eigenvalue weighted by atomic mass is 79.9. The number of methoxy groups -OCH3 is 1. The van der Waals surface area contributed by atoms with Gasteiger partial charge in [-0.3, -0.25) is 19.7 Å². The van der Waals surface area contributed by atoms with Crippen molar-refractivity contribution in [3.8, 4) is 0 Å². The first-order valence-electron chi connectivity index (χ1n) is 6.78. The average molecular weight is 397 g/mol. The van der Waals surface area contributed by atoms with Gasteiger partial charge in [-0.05, 0) is 23.8 Å². The quantitative estimate of drug-likeness (QED) is 0.456. The van der Waals surface area contributed by atoms with Gasteiger partial charge in [0.2, 0.25) is 0 Å². The van der Waals surface area contributed by atoms with Crippen LogP contribution < -0.4 is 5.32 Å². The molecule has 0 saturated heterocycles. The number of carbonyl (C=O) groups is 2. The molecule has 1 heterocycles. The maximum absolute atomic E-state index is 12.2. The Bertz CT molecular complexity index is 756. The highest BCUT2D eigenvalue weighted by Gasteiger charge is 2.23. The molecule has 0 fully saturated rings. The fourth-order valence-electron chi connectivity index (χ4n) is 1.97. The molecule has 0 bridgehead atoms. The third-order valence-electron chi connectivity index (χ3n) is 3.17. The van der Waals surface area contributed by atoms with Crippen molar-refractivity contribution in [2.75, 3.05) is 7.11 Å². The zero-order valence-electron chi connectivity index (χ0n) is 12.5. The number of rotatable bonds is 6. The maximum atomic E-state index is 12.2. The van der Waals surface area contributed by atoms with Gasteiger partial charge in [0.15, 0.2) is 5.76 Å². The highest BCUT2D eigenvalue weighted by molar-refractivity contribution is 9.10. The third kappa shape index (κ3) is 4.42. The number of amides is 1. The Morgan fingerprint density at radius 2 is 1.96 bits per heavy atom. The van der Waals surface area contributed by atoms with Crippen LogP contribution in [0.25, 0.3) is 0 Å². The molecule has 1 unspecified atom stereocenters. The van der Waals surface area contributed by atoms with Crippen LogP contribution in [0.15, 0.2) is 45.3 Å². The van der Waals surface area contributed by atoms with Gasteiger partial charge in [0, 0.05) is 4.47 Å². The van der Waals surface area contributed by atoms with Crippen LogP contribution in [0.5, 0.6) is 0 Å². The number of nitrogens with one attached hydrogen (secondary N) is 1. The van der Waals surface area contributed by atoms with Gasteiger partial charge < -0.3 is 14.5 Å². The Hall–Kier alpha value is -2.68. The Labute approximate surface area is 145 Å². The molecule has 0 aliphatic heterocycles. The summed E-state index contributed by atoms with van der Waals surface area (Å²) in [5, 5.41) is 13.2. The summed E-state index contributed by atoms with van der Waals surface area (Å²) < 4.78 is 10.3. The summed E-state index contributed by atoms with van der Waals surface area (Å²) in [6.07, 6.45) is -0.0906. The molecule has 1 aromatic carbocycles. The molecule has 24 heavy (non-hydrogen) atoms. The highest BCUT2D eigenvalue weighted by Crippen LogP contribution is 2.22. The van der Waals surface area contributed by atoms with Gasteiger partial charge in [-0.1, -0.05) is 28.1 Å². The van der Waals surface area contributed by atoms with Crippen LogP contribution in [-0.4, -0.2) is 23.9 Å². The van der Waals surface area contributed by atoms with Crippen molar-refractivity contribution in [2.45, 2.75) is 12.5 Å². The second-order valence-corrected chi connectivity index (χ2v) is 5.67. The molecular formula is C15H13BrN2O6. The summed E-state index contributed by atoms with van der Waals surface area (Å²) in [6.45, 7) is 0. The summed E-state index contributed by atoms with van der Waals surface area (Å²) >= 11 is 3.31. The molecule has 0 aliphatic carbocycles. The summed E-state index contributed by atoms with van der Waals surface area (Å²) in [7, 11) is 1.25. The van der Waals surface area contributed by atoms with Gasteiger partial charge in [-0.2, -0.15) is 0 Å². The number of hydrogen-bond acceptors (Lipinski definition) is 6. The fraction of sp³-hybridized carbons (Fsp3) is 0.200. The first-order chi connectivity index (χ1) is 11.4. The number of esters is 1. The molecule has 2 aromatic rings. The summed E-state index contributed by atoms with van der Waals surface area (Å²) in [5.41, 5.74) is 0.679. The second kappa shape index (κ2) is 7.73. The van der Waals surface area contributed by atoms with E-state index in [1.807, 2.05) is 0 Å². The second-order valence-electron chi connectivity index (χ2n) is 4.75. The largest absolute Gasteiger partial charge is 0.469 e. The van der Waals surface area contributed by atoms with Crippen molar-refractivity contribution < 1.29 is 23.7 Å². The van der Waals surface area contributed by atoms with E-state index in [4.69, 9.17) is 4.42 Å². The first kappa shape index (κ1) is 17.7. The standard InChI is InChI=1S/C15H13BrN2O6/c1-23-14(19)8-11(9-2-4-10(16)5-3-9)17-15(20)12-6-7-13(24-12)18(21)22/h2-7,11H,8H2,1H3,(H,17,20). The Morgan fingerprint density at radius 1 is 1.29 bits per heavy atom. The van der Waals surface area contributed by atoms with Gasteiger partial charge in [-0.15, -0.1) is 0 Å². The maximum Gasteiger partial charge on any atom is 0.433 e. The number of halogens is 1. The summed E-state index contributed by atoms with van der Waals surface area (Å²) in [6, 6.07) is 8.63. The van der Waals surface area contributed by atoms with E-state index in [2.05, 4.69) is 26.0 Å². The number of furan rings is 1. The van der Waals surface area contributed by atoms with Crippen LogP contribution in [0.3, 0.4) is 0 Å². The van der Waals surface area contributed by atoms with Gasteiger partial charge in [0.05, 0.1) is 25.6 Å². The first-order valence-corrected chi connectivity index (χ1v) is 7.57. The van der Waals surface area contributed by atoms with Crippen molar-refractivity contribution in [3.63, 3.8) is 0 Å². The third-order valence-corrected chi connectivity index (χ3v) is 3.70. The molecule has 0 saturated carbocycles. The fourth-order valence-corrected chi connectivity index (χ4v) is 2.24. The van der Waals surface area contributed by atoms with E-state index >= 15 is 0 Å². The monoisotopic (exact) mass is 396 g/mol. The van der Waals surface area contributed by atoms with Crippen molar-refractivity contribution in [3.05, 3.63) is 62.3 Å². The minimum absolute atomic E-state index is 0.0906. The molecule has 0 radical (unpaired) electrons. The smallest absolute Gasteiger partial charge is 0.433 e. The van der Waals surface area contributed by atoms with Crippen molar-refractivity contribution >= 4 is 33.7 Å². The van der Waals surface area contributed by atoms with E-state index in [-0.39, 0.29) is 12.2 Å². The molecule has 1 amide bonds. The van der Waals surface area contributed by atoms with Crippen molar-refractivity contribution in [2.24, 2.45) is 0 Å². The molecule has 1 aromatic heterocycles. The van der Waals surface area contributed by atoms with Gasteiger partial charge in [0.1, 0.15) is 4.92 Å². The lowest BCUT2D eigenvalue weighted by Crippen LogP contribution is -2.30. The lowest BCUT2D eigenvalue weighted by Gasteiger charge is -2.17. The number of carbonyl (C=O) groups excluding carboxylic acids is 2. The Morgan fingerprint density at radius 3 is 2.50 bits per heavy atom. The van der Waals surface area contributed by atoms with E-state index in [1.165, 1.54) is 13.2 Å². The normalized spacial score (nSPS) is 11.6. The molecule has 2 rings (SSSR count).